The number of pyridine rings is 1. The number of rotatable bonds is 4. The molecule has 2 heterocycles. The molecule has 21 heavy (non-hydrogen) atoms. The molecular formula is C16H15BrClN3. The molecule has 0 amide bonds. The maximum absolute atomic E-state index is 6.25. The van der Waals surface area contributed by atoms with Gasteiger partial charge in [0.2, 0.25) is 0 Å². The Labute approximate surface area is 137 Å². The molecule has 0 saturated carbocycles. The highest BCUT2D eigenvalue weighted by molar-refractivity contribution is 9.08. The highest BCUT2D eigenvalue weighted by Gasteiger charge is 2.15. The van der Waals surface area contributed by atoms with Crippen LogP contribution in [0.5, 0.6) is 0 Å². The van der Waals surface area contributed by atoms with Crippen molar-refractivity contribution in [1.82, 2.24) is 9.38 Å². The van der Waals surface area contributed by atoms with Gasteiger partial charge >= 0.3 is 0 Å². The molecule has 2 aromatic heterocycles. The second-order valence-electron chi connectivity index (χ2n) is 4.89. The predicted octanol–water partition coefficient (Wildman–Crippen LogP) is 4.52. The molecule has 0 aliphatic carbocycles. The van der Waals surface area contributed by atoms with Crippen LogP contribution in [0.25, 0.3) is 5.65 Å². The zero-order chi connectivity index (χ0) is 14.8. The summed E-state index contributed by atoms with van der Waals surface area (Å²) in [5, 5.41) is 1.54. The fourth-order valence-electron chi connectivity index (χ4n) is 2.42. The third-order valence-corrected chi connectivity index (χ3v) is 4.36. The molecule has 0 aliphatic rings. The molecule has 0 unspecified atom stereocenters. The van der Waals surface area contributed by atoms with E-state index in [1.54, 1.807) is 0 Å². The van der Waals surface area contributed by atoms with Crippen molar-refractivity contribution in [3.63, 3.8) is 0 Å². The third kappa shape index (κ3) is 2.78. The Morgan fingerprint density at radius 2 is 1.95 bits per heavy atom. The number of nitrogens with zero attached hydrogens (tertiary/aromatic N) is 3. The van der Waals surface area contributed by atoms with Crippen LogP contribution in [0.1, 0.15) is 11.3 Å². The summed E-state index contributed by atoms with van der Waals surface area (Å²) in [6.07, 6.45) is 2.03. The van der Waals surface area contributed by atoms with E-state index in [1.807, 2.05) is 55.7 Å². The lowest BCUT2D eigenvalue weighted by Crippen LogP contribution is -2.18. The second kappa shape index (κ2) is 6.08. The van der Waals surface area contributed by atoms with E-state index in [2.05, 4.69) is 25.2 Å². The molecule has 0 bridgehead atoms. The molecule has 0 atom stereocenters. The maximum atomic E-state index is 6.25. The number of halogens is 2. The van der Waals surface area contributed by atoms with E-state index in [0.717, 1.165) is 39.6 Å². The topological polar surface area (TPSA) is 20.5 Å². The van der Waals surface area contributed by atoms with Gasteiger partial charge in [-0.05, 0) is 23.8 Å². The number of alkyl halides is 1. The fourth-order valence-corrected chi connectivity index (χ4v) is 3.14. The Kier molecular flexibility index (Phi) is 4.17. The Hall–Kier alpha value is -1.52. The van der Waals surface area contributed by atoms with Crippen LogP contribution < -0.4 is 4.90 Å². The van der Waals surface area contributed by atoms with Gasteiger partial charge in [0, 0.05) is 30.1 Å². The lowest BCUT2D eigenvalue weighted by atomic mass is 10.2. The molecule has 108 valence electrons. The first-order chi connectivity index (χ1) is 10.2. The molecule has 3 aromatic rings. The standard InChI is InChI=1S/C16H15BrClN3/c1-20(11-12-6-2-3-7-13(12)18)16-14(10-17)21-9-5-4-8-15(21)19-16/h2-9H,10-11H2,1H3. The van der Waals surface area contributed by atoms with Gasteiger partial charge in [0.1, 0.15) is 5.65 Å². The number of benzene rings is 1. The predicted molar refractivity (Wildman–Crippen MR) is 91.4 cm³/mol. The van der Waals surface area contributed by atoms with E-state index in [-0.39, 0.29) is 0 Å². The largest absolute Gasteiger partial charge is 0.354 e. The Bertz CT molecular complexity index is 769. The number of imidazole rings is 1. The van der Waals surface area contributed by atoms with Crippen molar-refractivity contribution in [1.29, 1.82) is 0 Å². The van der Waals surface area contributed by atoms with Gasteiger partial charge < -0.3 is 9.30 Å². The highest BCUT2D eigenvalue weighted by Crippen LogP contribution is 2.25. The van der Waals surface area contributed by atoms with E-state index in [1.165, 1.54) is 0 Å². The van der Waals surface area contributed by atoms with Crippen molar-refractivity contribution in [2.45, 2.75) is 11.9 Å². The normalized spacial score (nSPS) is 11.0. The van der Waals surface area contributed by atoms with Gasteiger partial charge in [-0.25, -0.2) is 4.98 Å². The van der Waals surface area contributed by atoms with Crippen molar-refractivity contribution in [2.75, 3.05) is 11.9 Å². The number of hydrogen-bond donors (Lipinski definition) is 0. The van der Waals surface area contributed by atoms with Gasteiger partial charge in [-0.3, -0.25) is 0 Å². The van der Waals surface area contributed by atoms with Gasteiger partial charge in [0.05, 0.1) is 5.69 Å². The Morgan fingerprint density at radius 1 is 1.19 bits per heavy atom. The number of aromatic nitrogens is 2. The first kappa shape index (κ1) is 14.4. The SMILES string of the molecule is CN(Cc1ccccc1Cl)c1nc2ccccn2c1CBr. The lowest BCUT2D eigenvalue weighted by Gasteiger charge is -2.18. The van der Waals surface area contributed by atoms with Gasteiger partial charge in [0.15, 0.2) is 5.82 Å². The van der Waals surface area contributed by atoms with Crippen molar-refractivity contribution in [3.8, 4) is 0 Å². The van der Waals surface area contributed by atoms with Crippen molar-refractivity contribution < 1.29 is 0 Å². The molecule has 3 nitrogen and oxygen atoms in total. The van der Waals surface area contributed by atoms with Crippen LogP contribution in [-0.4, -0.2) is 16.4 Å². The minimum Gasteiger partial charge on any atom is -0.354 e. The molecular weight excluding hydrogens is 350 g/mol. The van der Waals surface area contributed by atoms with E-state index in [4.69, 9.17) is 16.6 Å². The maximum Gasteiger partial charge on any atom is 0.152 e. The first-order valence-corrected chi connectivity index (χ1v) is 8.17. The number of anilines is 1. The zero-order valence-corrected chi connectivity index (χ0v) is 14.0. The van der Waals surface area contributed by atoms with Crippen LogP contribution in [0, 0.1) is 0 Å². The summed E-state index contributed by atoms with van der Waals surface area (Å²) in [5.74, 6) is 0.970. The zero-order valence-electron chi connectivity index (χ0n) is 11.6. The number of fused-ring (bicyclic) bond motifs is 1. The summed E-state index contributed by atoms with van der Waals surface area (Å²) >= 11 is 9.81. The summed E-state index contributed by atoms with van der Waals surface area (Å²) in [4.78, 5) is 6.85. The Morgan fingerprint density at radius 3 is 2.71 bits per heavy atom. The monoisotopic (exact) mass is 363 g/mol. The van der Waals surface area contributed by atoms with E-state index < -0.39 is 0 Å². The summed E-state index contributed by atoms with van der Waals surface area (Å²) in [5.41, 5.74) is 3.19. The average Bonchev–Trinajstić information content (AvgIpc) is 2.88. The first-order valence-electron chi connectivity index (χ1n) is 6.67. The summed E-state index contributed by atoms with van der Waals surface area (Å²) < 4.78 is 2.10. The smallest absolute Gasteiger partial charge is 0.152 e. The van der Waals surface area contributed by atoms with E-state index in [0.29, 0.717) is 0 Å². The highest BCUT2D eigenvalue weighted by atomic mass is 79.9. The molecule has 0 N–H and O–H groups in total. The van der Waals surface area contributed by atoms with E-state index in [9.17, 15) is 0 Å². The van der Waals surface area contributed by atoms with Crippen molar-refractivity contribution >= 4 is 39.0 Å². The third-order valence-electron chi connectivity index (χ3n) is 3.46. The van der Waals surface area contributed by atoms with Crippen LogP contribution in [-0.2, 0) is 11.9 Å². The summed E-state index contributed by atoms with van der Waals surface area (Å²) in [7, 11) is 2.04. The molecule has 1 aromatic carbocycles. The van der Waals surface area contributed by atoms with Crippen LogP contribution >= 0.6 is 27.5 Å². The lowest BCUT2D eigenvalue weighted by molar-refractivity contribution is 0.895. The molecule has 0 radical (unpaired) electrons. The van der Waals surface area contributed by atoms with Crippen LogP contribution in [0.3, 0.4) is 0 Å². The molecule has 3 rings (SSSR count). The van der Waals surface area contributed by atoms with Crippen LogP contribution in [0.4, 0.5) is 5.82 Å². The van der Waals surface area contributed by atoms with Gasteiger partial charge in [-0.1, -0.05) is 51.8 Å². The van der Waals surface area contributed by atoms with Crippen molar-refractivity contribution in [2.24, 2.45) is 0 Å². The average molecular weight is 365 g/mol. The molecule has 0 saturated heterocycles. The molecule has 5 heteroatoms. The van der Waals surface area contributed by atoms with Crippen LogP contribution in [0.15, 0.2) is 48.7 Å². The van der Waals surface area contributed by atoms with Gasteiger partial charge in [-0.2, -0.15) is 0 Å². The minimum absolute atomic E-state index is 0.726. The fraction of sp³-hybridized carbons (Fsp3) is 0.188. The van der Waals surface area contributed by atoms with Crippen molar-refractivity contribution in [3.05, 3.63) is 64.9 Å². The van der Waals surface area contributed by atoms with Gasteiger partial charge in [0.25, 0.3) is 0 Å². The van der Waals surface area contributed by atoms with E-state index >= 15 is 0 Å². The quantitative estimate of drug-likeness (QED) is 0.635. The second-order valence-corrected chi connectivity index (χ2v) is 5.86. The minimum atomic E-state index is 0.726. The van der Waals surface area contributed by atoms with Crippen LogP contribution in [0.2, 0.25) is 5.02 Å². The summed E-state index contributed by atoms with van der Waals surface area (Å²) in [6.45, 7) is 0.726. The Balaban J connectivity index is 1.98. The number of hydrogen-bond acceptors (Lipinski definition) is 2. The molecule has 0 spiro atoms. The molecule has 0 aliphatic heterocycles. The summed E-state index contributed by atoms with van der Waals surface area (Å²) in [6, 6.07) is 13.9. The molecule has 0 fully saturated rings. The van der Waals surface area contributed by atoms with Gasteiger partial charge in [-0.15, -0.1) is 0 Å².